The zero-order chi connectivity index (χ0) is 17.5. The van der Waals surface area contributed by atoms with Gasteiger partial charge in [0.15, 0.2) is 0 Å². The predicted octanol–water partition coefficient (Wildman–Crippen LogP) is 2.73. The van der Waals surface area contributed by atoms with Crippen molar-refractivity contribution in [3.8, 4) is 0 Å². The molecule has 3 rings (SSSR count). The van der Waals surface area contributed by atoms with E-state index in [2.05, 4.69) is 0 Å². The third-order valence-corrected chi connectivity index (χ3v) is 4.03. The zero-order valence-corrected chi connectivity index (χ0v) is 14.2. The number of Topliss-reactive ketones (excluding diaryl/α,β-unsaturated/α-hetero) is 1. The Bertz CT molecular complexity index is 658. The highest BCUT2D eigenvalue weighted by atomic mass is 16.7. The number of hydrogen-bond acceptors (Lipinski definition) is 5. The third kappa shape index (κ3) is 4.74. The first-order valence-electron chi connectivity index (χ1n) is 8.27. The van der Waals surface area contributed by atoms with E-state index in [0.717, 1.165) is 11.1 Å². The van der Waals surface area contributed by atoms with Gasteiger partial charge in [0.2, 0.25) is 12.1 Å². The third-order valence-electron chi connectivity index (χ3n) is 4.03. The Morgan fingerprint density at radius 3 is 2.12 bits per heavy atom. The van der Waals surface area contributed by atoms with Crippen molar-refractivity contribution in [1.82, 2.24) is 0 Å². The molecule has 0 bridgehead atoms. The van der Waals surface area contributed by atoms with Gasteiger partial charge in [0, 0.05) is 7.11 Å². The molecule has 0 radical (unpaired) electrons. The number of hydrogen-bond donors (Lipinski definition) is 0. The molecule has 1 aliphatic heterocycles. The van der Waals surface area contributed by atoms with E-state index in [1.54, 1.807) is 0 Å². The second-order valence-corrected chi connectivity index (χ2v) is 5.86. The average Bonchev–Trinajstić information content (AvgIpc) is 2.97. The quantitative estimate of drug-likeness (QED) is 0.738. The van der Waals surface area contributed by atoms with E-state index in [1.165, 1.54) is 7.11 Å². The smallest absolute Gasteiger partial charge is 0.220 e. The molecule has 1 saturated heterocycles. The maximum Gasteiger partial charge on any atom is 0.220 e. The molecule has 0 saturated carbocycles. The Hall–Kier alpha value is -2.05. The summed E-state index contributed by atoms with van der Waals surface area (Å²) in [4.78, 5) is 12.4. The highest BCUT2D eigenvalue weighted by Gasteiger charge is 2.44. The first kappa shape index (κ1) is 17.8. The fraction of sp³-hybridized carbons (Fsp3) is 0.350. The van der Waals surface area contributed by atoms with Gasteiger partial charge in [-0.15, -0.1) is 0 Å². The number of ether oxygens (including phenoxy) is 4. The molecule has 2 aromatic carbocycles. The molecule has 0 N–H and O–H groups in total. The molecular weight excluding hydrogens is 320 g/mol. The summed E-state index contributed by atoms with van der Waals surface area (Å²) >= 11 is 0. The summed E-state index contributed by atoms with van der Waals surface area (Å²) in [5, 5.41) is 0. The molecule has 1 aliphatic rings. The van der Waals surface area contributed by atoms with Gasteiger partial charge in [-0.1, -0.05) is 60.7 Å². The average molecular weight is 342 g/mol. The molecule has 1 heterocycles. The lowest BCUT2D eigenvalue weighted by Gasteiger charge is -2.17. The van der Waals surface area contributed by atoms with Gasteiger partial charge in [0.25, 0.3) is 0 Å². The van der Waals surface area contributed by atoms with Crippen LogP contribution in [0, 0.1) is 0 Å². The number of rotatable bonds is 8. The van der Waals surface area contributed by atoms with Gasteiger partial charge in [-0.05, 0) is 11.1 Å². The van der Waals surface area contributed by atoms with Crippen molar-refractivity contribution < 1.29 is 23.7 Å². The van der Waals surface area contributed by atoms with Crippen LogP contribution in [0.3, 0.4) is 0 Å². The molecule has 132 valence electrons. The topological polar surface area (TPSA) is 54.0 Å². The Kier molecular flexibility index (Phi) is 6.30. The van der Waals surface area contributed by atoms with Crippen LogP contribution < -0.4 is 0 Å². The second-order valence-electron chi connectivity index (χ2n) is 5.86. The molecule has 0 aliphatic carbocycles. The number of carbonyl (C=O) groups is 1. The lowest BCUT2D eigenvalue weighted by molar-refractivity contribution is -0.154. The fourth-order valence-electron chi connectivity index (χ4n) is 2.73. The Morgan fingerprint density at radius 1 is 0.920 bits per heavy atom. The minimum absolute atomic E-state index is 0.202. The molecule has 2 aromatic rings. The van der Waals surface area contributed by atoms with E-state index in [9.17, 15) is 4.79 Å². The minimum Gasteiger partial charge on any atom is -0.374 e. The van der Waals surface area contributed by atoms with Crippen LogP contribution in [0.15, 0.2) is 60.7 Å². The van der Waals surface area contributed by atoms with E-state index in [1.807, 2.05) is 60.7 Å². The Morgan fingerprint density at radius 2 is 1.52 bits per heavy atom. The van der Waals surface area contributed by atoms with Crippen LogP contribution in [0.1, 0.15) is 11.1 Å². The summed E-state index contributed by atoms with van der Waals surface area (Å²) in [6.07, 6.45) is -2.07. The molecule has 0 spiro atoms. The number of ketones is 1. The van der Waals surface area contributed by atoms with Crippen molar-refractivity contribution in [3.63, 3.8) is 0 Å². The molecule has 5 heteroatoms. The molecule has 3 atom stereocenters. The predicted molar refractivity (Wildman–Crippen MR) is 91.8 cm³/mol. The van der Waals surface area contributed by atoms with Gasteiger partial charge in [0.05, 0.1) is 19.8 Å². The maximum atomic E-state index is 12.4. The van der Waals surface area contributed by atoms with Gasteiger partial charge in [-0.25, -0.2) is 0 Å². The molecule has 0 unspecified atom stereocenters. The fourth-order valence-corrected chi connectivity index (χ4v) is 2.73. The first-order chi connectivity index (χ1) is 12.3. The molecule has 0 aromatic heterocycles. The van der Waals surface area contributed by atoms with Gasteiger partial charge in [-0.3, -0.25) is 4.79 Å². The van der Waals surface area contributed by atoms with Gasteiger partial charge in [-0.2, -0.15) is 0 Å². The number of carbonyl (C=O) groups excluding carboxylic acids is 1. The van der Waals surface area contributed by atoms with Gasteiger partial charge in [0.1, 0.15) is 12.2 Å². The Balaban J connectivity index is 1.56. The van der Waals surface area contributed by atoms with Crippen LogP contribution >= 0.6 is 0 Å². The van der Waals surface area contributed by atoms with Crippen LogP contribution in [-0.4, -0.2) is 38.0 Å². The minimum atomic E-state index is -0.897. The normalized spacial score (nSPS) is 23.1. The number of methoxy groups -OCH3 is 1. The highest BCUT2D eigenvalue weighted by molar-refractivity contribution is 5.88. The van der Waals surface area contributed by atoms with Crippen LogP contribution in [0.2, 0.25) is 0 Å². The van der Waals surface area contributed by atoms with Crippen molar-refractivity contribution in [2.24, 2.45) is 0 Å². The second kappa shape index (κ2) is 8.87. The van der Waals surface area contributed by atoms with E-state index in [0.29, 0.717) is 13.2 Å². The molecule has 1 fully saturated rings. The summed E-state index contributed by atoms with van der Waals surface area (Å²) in [5.74, 6) is -0.202. The summed E-state index contributed by atoms with van der Waals surface area (Å²) < 4.78 is 22.3. The largest absolute Gasteiger partial charge is 0.374 e. The summed E-state index contributed by atoms with van der Waals surface area (Å²) in [6, 6.07) is 19.6. The first-order valence-corrected chi connectivity index (χ1v) is 8.27. The zero-order valence-electron chi connectivity index (χ0n) is 14.2. The maximum absolute atomic E-state index is 12.4. The van der Waals surface area contributed by atoms with Crippen molar-refractivity contribution in [1.29, 1.82) is 0 Å². The van der Waals surface area contributed by atoms with Crippen LogP contribution in [0.4, 0.5) is 0 Å². The van der Waals surface area contributed by atoms with Crippen molar-refractivity contribution in [2.45, 2.75) is 31.7 Å². The monoisotopic (exact) mass is 342 g/mol. The van der Waals surface area contributed by atoms with Gasteiger partial charge < -0.3 is 18.9 Å². The molecule has 0 amide bonds. The summed E-state index contributed by atoms with van der Waals surface area (Å²) in [6.45, 7) is 1.06. The Labute approximate surface area is 147 Å². The highest BCUT2D eigenvalue weighted by Crippen LogP contribution is 2.22. The molecular formula is C20H22O5. The SMILES string of the molecule is CO[C@H]1O[C@H](COCc2ccccc2)[C@@H](OCc2ccccc2)C1=O. The standard InChI is InChI=1S/C20H22O5/c1-22-20-18(21)19(24-13-16-10-6-3-7-11-16)17(25-20)14-23-12-15-8-4-2-5-9-15/h2-11,17,19-20H,12-14H2,1H3/t17-,19-,20+/m1/s1. The van der Waals surface area contributed by atoms with Crippen LogP contribution in [0.5, 0.6) is 0 Å². The van der Waals surface area contributed by atoms with Crippen molar-refractivity contribution >= 4 is 5.78 Å². The molecule has 25 heavy (non-hydrogen) atoms. The lowest BCUT2D eigenvalue weighted by atomic mass is 10.1. The van der Waals surface area contributed by atoms with Crippen LogP contribution in [-0.2, 0) is 37.0 Å². The van der Waals surface area contributed by atoms with Crippen molar-refractivity contribution in [3.05, 3.63) is 71.8 Å². The van der Waals surface area contributed by atoms with Crippen molar-refractivity contribution in [2.75, 3.05) is 13.7 Å². The lowest BCUT2D eigenvalue weighted by Crippen LogP contribution is -2.34. The van der Waals surface area contributed by atoms with E-state index in [-0.39, 0.29) is 12.4 Å². The van der Waals surface area contributed by atoms with E-state index < -0.39 is 18.5 Å². The summed E-state index contributed by atoms with van der Waals surface area (Å²) in [7, 11) is 1.45. The van der Waals surface area contributed by atoms with E-state index in [4.69, 9.17) is 18.9 Å². The van der Waals surface area contributed by atoms with Crippen LogP contribution in [0.25, 0.3) is 0 Å². The summed E-state index contributed by atoms with van der Waals surface area (Å²) in [5.41, 5.74) is 2.07. The van der Waals surface area contributed by atoms with Gasteiger partial charge >= 0.3 is 0 Å². The van der Waals surface area contributed by atoms with E-state index >= 15 is 0 Å². The number of benzene rings is 2. The molecule has 5 nitrogen and oxygen atoms in total.